The van der Waals surface area contributed by atoms with Gasteiger partial charge in [0.15, 0.2) is 5.82 Å². The molecule has 1 aromatic carbocycles. The largest absolute Gasteiger partial charge is 0.351 e. The molecule has 1 N–H and O–H groups in total. The number of carbonyl (C=O) groups is 1. The lowest BCUT2D eigenvalue weighted by Gasteiger charge is -2.08. The maximum atomic E-state index is 12.4. The van der Waals surface area contributed by atoms with Crippen molar-refractivity contribution in [2.75, 3.05) is 12.3 Å². The van der Waals surface area contributed by atoms with E-state index in [2.05, 4.69) is 20.4 Å². The molecule has 6 nitrogen and oxygen atoms in total. The molecular weight excluding hydrogens is 346 g/mol. The monoisotopic (exact) mass is 359 g/mol. The van der Waals surface area contributed by atoms with Crippen LogP contribution in [0.15, 0.2) is 60.1 Å². The van der Waals surface area contributed by atoms with Crippen LogP contribution in [0.4, 0.5) is 0 Å². The lowest BCUT2D eigenvalue weighted by molar-refractivity contribution is 0.0955. The number of hydrogen-bond acceptors (Lipinski definition) is 5. The highest BCUT2D eigenvalue weighted by Gasteiger charge is 2.13. The van der Waals surface area contributed by atoms with Gasteiger partial charge in [-0.25, -0.2) is 14.6 Å². The van der Waals surface area contributed by atoms with Gasteiger partial charge < -0.3 is 5.32 Å². The van der Waals surface area contributed by atoms with Crippen LogP contribution >= 0.6 is 23.4 Å². The number of rotatable bonds is 6. The fourth-order valence-corrected chi connectivity index (χ4v) is 2.93. The molecule has 24 heavy (non-hydrogen) atoms. The van der Waals surface area contributed by atoms with Crippen molar-refractivity contribution in [1.29, 1.82) is 0 Å². The van der Waals surface area contributed by atoms with Crippen molar-refractivity contribution in [3.63, 3.8) is 0 Å². The van der Waals surface area contributed by atoms with E-state index in [0.717, 1.165) is 10.6 Å². The number of aromatic nitrogens is 4. The van der Waals surface area contributed by atoms with Crippen LogP contribution in [0, 0.1) is 0 Å². The molecule has 2 heterocycles. The van der Waals surface area contributed by atoms with E-state index in [0.29, 0.717) is 22.9 Å². The van der Waals surface area contributed by atoms with Gasteiger partial charge >= 0.3 is 0 Å². The number of nitrogens with zero attached hydrogens (tertiary/aromatic N) is 4. The Morgan fingerprint density at radius 1 is 1.25 bits per heavy atom. The number of hydrogen-bond donors (Lipinski definition) is 1. The second kappa shape index (κ2) is 7.94. The summed E-state index contributed by atoms with van der Waals surface area (Å²) < 4.78 is 1.47. The van der Waals surface area contributed by atoms with Gasteiger partial charge in [-0.15, -0.1) is 11.8 Å². The van der Waals surface area contributed by atoms with E-state index in [9.17, 15) is 4.79 Å². The summed E-state index contributed by atoms with van der Waals surface area (Å²) in [6.07, 6.45) is 4.53. The molecule has 122 valence electrons. The molecule has 0 unspecified atom stereocenters. The predicted octanol–water partition coefficient (Wildman–Crippen LogP) is 2.84. The Morgan fingerprint density at radius 2 is 2.08 bits per heavy atom. The Morgan fingerprint density at radius 3 is 2.83 bits per heavy atom. The standard InChI is InChI=1S/C16H14ClN5OS/c17-12-3-5-13(6-4-12)24-9-8-20-16(23)14-2-1-7-19-15(14)22-11-18-10-21-22/h1-7,10-11H,8-9H2,(H,20,23). The third kappa shape index (κ3) is 4.12. The molecule has 0 aliphatic heterocycles. The fourth-order valence-electron chi connectivity index (χ4n) is 2.03. The van der Waals surface area contributed by atoms with E-state index in [-0.39, 0.29) is 5.91 Å². The SMILES string of the molecule is O=C(NCCSc1ccc(Cl)cc1)c1cccnc1-n1cncn1. The average Bonchev–Trinajstić information content (AvgIpc) is 3.14. The third-order valence-electron chi connectivity index (χ3n) is 3.14. The molecule has 0 aliphatic rings. The first-order chi connectivity index (χ1) is 11.7. The van der Waals surface area contributed by atoms with E-state index in [1.54, 1.807) is 30.1 Å². The van der Waals surface area contributed by atoms with Gasteiger partial charge in [0.2, 0.25) is 0 Å². The first-order valence-corrected chi connectivity index (χ1v) is 8.57. The topological polar surface area (TPSA) is 72.7 Å². The van der Waals surface area contributed by atoms with Crippen LogP contribution in [0.5, 0.6) is 0 Å². The zero-order valence-electron chi connectivity index (χ0n) is 12.6. The number of halogens is 1. The predicted molar refractivity (Wildman–Crippen MR) is 93.7 cm³/mol. The summed E-state index contributed by atoms with van der Waals surface area (Å²) in [5, 5.41) is 7.63. The molecule has 8 heteroatoms. The van der Waals surface area contributed by atoms with Crippen LogP contribution in [-0.2, 0) is 0 Å². The van der Waals surface area contributed by atoms with Crippen molar-refractivity contribution in [3.05, 3.63) is 65.8 Å². The van der Waals surface area contributed by atoms with Crippen LogP contribution in [0.3, 0.4) is 0 Å². The number of carbonyl (C=O) groups excluding carboxylic acids is 1. The van der Waals surface area contributed by atoms with Crippen molar-refractivity contribution in [2.24, 2.45) is 0 Å². The summed E-state index contributed by atoms with van der Waals surface area (Å²) in [4.78, 5) is 21.6. The van der Waals surface area contributed by atoms with Gasteiger partial charge in [0.05, 0.1) is 5.56 Å². The van der Waals surface area contributed by atoms with Crippen LogP contribution in [0.25, 0.3) is 5.82 Å². The van der Waals surface area contributed by atoms with Crippen LogP contribution in [-0.4, -0.2) is 38.0 Å². The van der Waals surface area contributed by atoms with Crippen LogP contribution in [0.1, 0.15) is 10.4 Å². The zero-order chi connectivity index (χ0) is 16.8. The molecule has 0 aliphatic carbocycles. The van der Waals surface area contributed by atoms with E-state index in [4.69, 9.17) is 11.6 Å². The highest BCUT2D eigenvalue weighted by molar-refractivity contribution is 7.99. The lowest BCUT2D eigenvalue weighted by atomic mass is 10.2. The Kier molecular flexibility index (Phi) is 5.45. The first-order valence-electron chi connectivity index (χ1n) is 7.20. The molecular formula is C16H14ClN5OS. The van der Waals surface area contributed by atoms with Gasteiger partial charge in [0, 0.05) is 28.4 Å². The smallest absolute Gasteiger partial charge is 0.255 e. The van der Waals surface area contributed by atoms with Gasteiger partial charge in [-0.3, -0.25) is 4.79 Å². The first kappa shape index (κ1) is 16.5. The molecule has 0 bridgehead atoms. The molecule has 0 atom stereocenters. The molecule has 0 saturated heterocycles. The molecule has 3 aromatic rings. The molecule has 0 spiro atoms. The Labute approximate surface area is 148 Å². The van der Waals surface area contributed by atoms with Crippen LogP contribution in [0.2, 0.25) is 5.02 Å². The molecule has 0 fully saturated rings. The highest BCUT2D eigenvalue weighted by Crippen LogP contribution is 2.19. The van der Waals surface area contributed by atoms with Gasteiger partial charge in [0.25, 0.3) is 5.91 Å². The summed E-state index contributed by atoms with van der Waals surface area (Å²) in [6.45, 7) is 0.540. The second-order valence-electron chi connectivity index (χ2n) is 4.77. The summed E-state index contributed by atoms with van der Waals surface area (Å²) in [5.41, 5.74) is 0.458. The summed E-state index contributed by atoms with van der Waals surface area (Å²) >= 11 is 7.51. The number of amides is 1. The quantitative estimate of drug-likeness (QED) is 0.541. The average molecular weight is 360 g/mol. The molecule has 1 amide bonds. The molecule has 3 rings (SSSR count). The second-order valence-corrected chi connectivity index (χ2v) is 6.38. The Balaban J connectivity index is 1.57. The summed E-state index contributed by atoms with van der Waals surface area (Å²) in [7, 11) is 0. The lowest BCUT2D eigenvalue weighted by Crippen LogP contribution is -2.27. The number of thioether (sulfide) groups is 1. The van der Waals surface area contributed by atoms with Crippen molar-refractivity contribution in [3.8, 4) is 5.82 Å². The maximum absolute atomic E-state index is 12.4. The number of nitrogens with one attached hydrogen (secondary N) is 1. The van der Waals surface area contributed by atoms with Crippen molar-refractivity contribution in [1.82, 2.24) is 25.1 Å². The van der Waals surface area contributed by atoms with E-state index in [1.165, 1.54) is 17.3 Å². The van der Waals surface area contributed by atoms with Crippen molar-refractivity contribution in [2.45, 2.75) is 4.90 Å². The van der Waals surface area contributed by atoms with E-state index >= 15 is 0 Å². The minimum absolute atomic E-state index is 0.190. The normalized spacial score (nSPS) is 10.5. The van der Waals surface area contributed by atoms with Gasteiger partial charge in [0.1, 0.15) is 12.7 Å². The van der Waals surface area contributed by atoms with Crippen molar-refractivity contribution < 1.29 is 4.79 Å². The van der Waals surface area contributed by atoms with E-state index < -0.39 is 0 Å². The highest BCUT2D eigenvalue weighted by atomic mass is 35.5. The Bertz CT molecular complexity index is 808. The molecule has 2 aromatic heterocycles. The zero-order valence-corrected chi connectivity index (χ0v) is 14.2. The minimum Gasteiger partial charge on any atom is -0.351 e. The maximum Gasteiger partial charge on any atom is 0.255 e. The summed E-state index contributed by atoms with van der Waals surface area (Å²) in [6, 6.07) is 11.0. The summed E-state index contributed by atoms with van der Waals surface area (Å²) in [5.74, 6) is 1.02. The van der Waals surface area contributed by atoms with Gasteiger partial charge in [-0.1, -0.05) is 11.6 Å². The fraction of sp³-hybridized carbons (Fsp3) is 0.125. The molecule has 0 saturated carbocycles. The number of benzene rings is 1. The number of pyridine rings is 1. The van der Waals surface area contributed by atoms with Gasteiger partial charge in [-0.2, -0.15) is 5.10 Å². The minimum atomic E-state index is -0.190. The van der Waals surface area contributed by atoms with E-state index in [1.807, 2.05) is 24.3 Å². The Hall–Kier alpha value is -2.38. The van der Waals surface area contributed by atoms with Crippen LogP contribution < -0.4 is 5.32 Å². The molecule has 0 radical (unpaired) electrons. The van der Waals surface area contributed by atoms with Gasteiger partial charge in [-0.05, 0) is 36.4 Å². The van der Waals surface area contributed by atoms with Crippen molar-refractivity contribution >= 4 is 29.3 Å². The third-order valence-corrected chi connectivity index (χ3v) is 4.40.